The van der Waals surface area contributed by atoms with Crippen LogP contribution in [0.4, 0.5) is 0 Å². The summed E-state index contributed by atoms with van der Waals surface area (Å²) >= 11 is 13.7. The molecule has 5 heteroatoms. The minimum Gasteiger partial charge on any atom is -0.316 e. The Morgan fingerprint density at radius 2 is 2.11 bits per heavy atom. The van der Waals surface area contributed by atoms with Gasteiger partial charge in [0.2, 0.25) is 0 Å². The molecule has 1 heterocycles. The van der Waals surface area contributed by atoms with E-state index in [-0.39, 0.29) is 0 Å². The Morgan fingerprint density at radius 1 is 1.28 bits per heavy atom. The molecular weight excluding hydrogens is 287 g/mol. The van der Waals surface area contributed by atoms with Crippen LogP contribution in [0.1, 0.15) is 5.56 Å². The van der Waals surface area contributed by atoms with Gasteiger partial charge < -0.3 is 5.32 Å². The van der Waals surface area contributed by atoms with Crippen LogP contribution < -0.4 is 5.32 Å². The zero-order valence-corrected chi connectivity index (χ0v) is 12.1. The second kappa shape index (κ2) is 6.43. The van der Waals surface area contributed by atoms with Gasteiger partial charge in [0.15, 0.2) is 0 Å². The van der Waals surface area contributed by atoms with Crippen LogP contribution in [-0.2, 0) is 6.54 Å². The average Bonchev–Trinajstić information content (AvgIpc) is 2.36. The first-order valence-electron chi connectivity index (χ1n) is 5.42. The first-order chi connectivity index (χ1) is 8.70. The molecule has 0 bridgehead atoms. The Labute approximate surface area is 121 Å². The topological polar surface area (TPSA) is 24.9 Å². The highest BCUT2D eigenvalue weighted by Crippen LogP contribution is 2.34. The van der Waals surface area contributed by atoms with Crippen LogP contribution in [0.2, 0.25) is 10.0 Å². The molecule has 2 nitrogen and oxygen atoms in total. The molecule has 1 aromatic heterocycles. The highest BCUT2D eigenvalue weighted by atomic mass is 35.5. The maximum atomic E-state index is 6.11. The van der Waals surface area contributed by atoms with Gasteiger partial charge in [0.05, 0.1) is 5.02 Å². The molecule has 0 atom stereocenters. The molecule has 0 aliphatic carbocycles. The summed E-state index contributed by atoms with van der Waals surface area (Å²) in [5.74, 6) is 0. The second-order valence-electron chi connectivity index (χ2n) is 3.67. The van der Waals surface area contributed by atoms with Crippen molar-refractivity contribution in [2.45, 2.75) is 16.5 Å². The molecule has 0 radical (unpaired) electrons. The lowest BCUT2D eigenvalue weighted by Crippen LogP contribution is -2.06. The summed E-state index contributed by atoms with van der Waals surface area (Å²) in [5, 5.41) is 5.29. The van der Waals surface area contributed by atoms with E-state index in [1.54, 1.807) is 6.20 Å². The summed E-state index contributed by atoms with van der Waals surface area (Å²) in [5.41, 5.74) is 1.17. The van der Waals surface area contributed by atoms with Crippen LogP contribution in [0.3, 0.4) is 0 Å². The van der Waals surface area contributed by atoms with E-state index in [0.717, 1.165) is 16.5 Å². The Morgan fingerprint density at radius 3 is 2.83 bits per heavy atom. The molecule has 0 aliphatic rings. The van der Waals surface area contributed by atoms with Crippen molar-refractivity contribution in [3.63, 3.8) is 0 Å². The van der Waals surface area contributed by atoms with Gasteiger partial charge in [-0.15, -0.1) is 0 Å². The number of nitrogens with zero attached hydrogens (tertiary/aromatic N) is 1. The van der Waals surface area contributed by atoms with Crippen molar-refractivity contribution in [2.24, 2.45) is 0 Å². The van der Waals surface area contributed by atoms with Crippen molar-refractivity contribution in [3.05, 3.63) is 52.1 Å². The fourth-order valence-electron chi connectivity index (χ4n) is 1.51. The van der Waals surface area contributed by atoms with E-state index < -0.39 is 0 Å². The molecule has 0 saturated carbocycles. The third-order valence-electron chi connectivity index (χ3n) is 2.33. The van der Waals surface area contributed by atoms with Gasteiger partial charge in [0, 0.05) is 22.7 Å². The summed E-state index contributed by atoms with van der Waals surface area (Å²) in [6.45, 7) is 0.782. The van der Waals surface area contributed by atoms with Crippen LogP contribution in [0.15, 0.2) is 46.5 Å². The van der Waals surface area contributed by atoms with Crippen LogP contribution in [0, 0.1) is 0 Å². The minimum atomic E-state index is 0.651. The number of nitrogens with one attached hydrogen (secondary N) is 1. The standard InChI is InChI=1S/C13H12Cl2N2S/c1-16-8-9-4-5-10(14)7-12(9)18-13-11(15)3-2-6-17-13/h2-7,16H,8H2,1H3. The average molecular weight is 299 g/mol. The van der Waals surface area contributed by atoms with Gasteiger partial charge in [0.25, 0.3) is 0 Å². The summed E-state index contributed by atoms with van der Waals surface area (Å²) in [7, 11) is 1.91. The van der Waals surface area contributed by atoms with Gasteiger partial charge >= 0.3 is 0 Å². The molecule has 0 fully saturated rings. The zero-order chi connectivity index (χ0) is 13.0. The van der Waals surface area contributed by atoms with Crippen molar-refractivity contribution in [1.82, 2.24) is 10.3 Å². The van der Waals surface area contributed by atoms with E-state index in [1.807, 2.05) is 37.4 Å². The van der Waals surface area contributed by atoms with E-state index in [9.17, 15) is 0 Å². The number of rotatable bonds is 4. The molecular formula is C13H12Cl2N2S. The first kappa shape index (κ1) is 13.7. The van der Waals surface area contributed by atoms with E-state index >= 15 is 0 Å². The maximum Gasteiger partial charge on any atom is 0.119 e. The molecule has 0 amide bonds. The molecule has 1 aromatic carbocycles. The van der Waals surface area contributed by atoms with E-state index in [4.69, 9.17) is 23.2 Å². The quantitative estimate of drug-likeness (QED) is 0.913. The number of hydrogen-bond donors (Lipinski definition) is 1. The van der Waals surface area contributed by atoms with Gasteiger partial charge in [-0.1, -0.05) is 41.0 Å². The molecule has 94 valence electrons. The van der Waals surface area contributed by atoms with Crippen LogP contribution in [0.25, 0.3) is 0 Å². The number of benzene rings is 1. The lowest BCUT2D eigenvalue weighted by molar-refractivity contribution is 0.803. The molecule has 1 N–H and O–H groups in total. The summed E-state index contributed by atoms with van der Waals surface area (Å²) < 4.78 is 0. The van der Waals surface area contributed by atoms with Crippen LogP contribution >= 0.6 is 35.0 Å². The van der Waals surface area contributed by atoms with Crippen molar-refractivity contribution in [3.8, 4) is 0 Å². The molecule has 0 unspecified atom stereocenters. The van der Waals surface area contributed by atoms with Crippen LogP contribution in [0.5, 0.6) is 0 Å². The lowest BCUT2D eigenvalue weighted by Gasteiger charge is -2.09. The van der Waals surface area contributed by atoms with Gasteiger partial charge in [-0.2, -0.15) is 0 Å². The van der Waals surface area contributed by atoms with Crippen LogP contribution in [-0.4, -0.2) is 12.0 Å². The van der Waals surface area contributed by atoms with Gasteiger partial charge in [-0.25, -0.2) is 4.98 Å². The smallest absolute Gasteiger partial charge is 0.119 e. The predicted octanol–water partition coefficient (Wildman–Crippen LogP) is 4.26. The van der Waals surface area contributed by atoms with E-state index in [2.05, 4.69) is 10.3 Å². The third-order valence-corrected chi connectivity index (χ3v) is 4.10. The molecule has 0 spiro atoms. The summed E-state index contributed by atoms with van der Waals surface area (Å²) in [4.78, 5) is 5.34. The van der Waals surface area contributed by atoms with Crippen molar-refractivity contribution < 1.29 is 0 Å². The molecule has 0 saturated heterocycles. The van der Waals surface area contributed by atoms with E-state index in [1.165, 1.54) is 17.3 Å². The second-order valence-corrected chi connectivity index (χ2v) is 5.55. The van der Waals surface area contributed by atoms with Crippen molar-refractivity contribution in [2.75, 3.05) is 7.05 Å². The summed E-state index contributed by atoms with van der Waals surface area (Å²) in [6, 6.07) is 9.48. The summed E-state index contributed by atoms with van der Waals surface area (Å²) in [6.07, 6.45) is 1.73. The molecule has 2 rings (SSSR count). The van der Waals surface area contributed by atoms with Gasteiger partial charge in [-0.05, 0) is 36.9 Å². The fourth-order valence-corrected chi connectivity index (χ4v) is 2.93. The SMILES string of the molecule is CNCc1ccc(Cl)cc1Sc1ncccc1Cl. The largest absolute Gasteiger partial charge is 0.316 e. The third kappa shape index (κ3) is 3.39. The monoisotopic (exact) mass is 298 g/mol. The number of aromatic nitrogens is 1. The Hall–Kier alpha value is -0.740. The zero-order valence-electron chi connectivity index (χ0n) is 9.78. The Balaban J connectivity index is 2.33. The van der Waals surface area contributed by atoms with E-state index in [0.29, 0.717) is 10.0 Å². The highest BCUT2D eigenvalue weighted by Gasteiger charge is 2.08. The number of pyridine rings is 1. The van der Waals surface area contributed by atoms with Gasteiger partial charge in [-0.3, -0.25) is 0 Å². The van der Waals surface area contributed by atoms with Gasteiger partial charge in [0.1, 0.15) is 5.03 Å². The Bertz CT molecular complexity index is 546. The minimum absolute atomic E-state index is 0.651. The Kier molecular flexibility index (Phi) is 4.89. The van der Waals surface area contributed by atoms with Crippen molar-refractivity contribution in [1.29, 1.82) is 0 Å². The predicted molar refractivity (Wildman–Crippen MR) is 77.6 cm³/mol. The fraction of sp³-hybridized carbons (Fsp3) is 0.154. The highest BCUT2D eigenvalue weighted by molar-refractivity contribution is 7.99. The number of halogens is 2. The molecule has 2 aromatic rings. The molecule has 18 heavy (non-hydrogen) atoms. The lowest BCUT2D eigenvalue weighted by atomic mass is 10.2. The molecule has 0 aliphatic heterocycles. The first-order valence-corrected chi connectivity index (χ1v) is 6.99. The maximum absolute atomic E-state index is 6.11. The van der Waals surface area contributed by atoms with Crippen molar-refractivity contribution >= 4 is 35.0 Å². The number of hydrogen-bond acceptors (Lipinski definition) is 3. The normalized spacial score (nSPS) is 10.6.